The molecule has 0 radical (unpaired) electrons. The maximum Gasteiger partial charge on any atom is 0.255 e. The highest BCUT2D eigenvalue weighted by atomic mass is 32.2. The second-order valence-electron chi connectivity index (χ2n) is 13.6. The first-order valence-corrected chi connectivity index (χ1v) is 19.9. The molecule has 12 heteroatoms. The second-order valence-corrected chi connectivity index (χ2v) is 14.7. The van der Waals surface area contributed by atoms with Gasteiger partial charge in [-0.05, 0) is 78.4 Å². The van der Waals surface area contributed by atoms with Crippen molar-refractivity contribution in [2.45, 2.75) is 44.7 Å². The van der Waals surface area contributed by atoms with Gasteiger partial charge in [-0.2, -0.15) is 11.8 Å². The topological polar surface area (TPSA) is 116 Å². The standard InChI is InChI=1S/C42H49FN6O4S/c43-28-31-6-4-7-32(24-31)29-46-41(51)35-12-14-44-39(26-35)37-27-36(49-16-2-1-3-17-49)10-11-38(37)47-42(52)34-9-5-8-33(25-34)30-54-23-13-40(50)45-15-18-48-19-21-53-22-20-48/h4-12,14,24-27H,1-3,13,15-23,28-30H2,(H,45,50)(H,46,51)(H,47,52). The van der Waals surface area contributed by atoms with E-state index < -0.39 is 6.67 Å². The van der Waals surface area contributed by atoms with E-state index in [0.717, 1.165) is 75.6 Å². The van der Waals surface area contributed by atoms with Gasteiger partial charge in [-0.1, -0.05) is 36.4 Å². The lowest BCUT2D eigenvalue weighted by atomic mass is 10.0. The first-order chi connectivity index (χ1) is 26.4. The van der Waals surface area contributed by atoms with Crippen LogP contribution >= 0.6 is 11.8 Å². The number of piperidine rings is 1. The maximum atomic E-state index is 13.7. The van der Waals surface area contributed by atoms with Crippen LogP contribution in [0.4, 0.5) is 15.8 Å². The Labute approximate surface area is 321 Å². The number of morpholine rings is 1. The molecule has 0 saturated carbocycles. The number of anilines is 2. The molecular weight excluding hydrogens is 704 g/mol. The summed E-state index contributed by atoms with van der Waals surface area (Å²) < 4.78 is 18.5. The van der Waals surface area contributed by atoms with Crippen LogP contribution in [-0.2, 0) is 28.5 Å². The molecule has 0 bridgehead atoms. The van der Waals surface area contributed by atoms with E-state index in [1.54, 1.807) is 54.4 Å². The van der Waals surface area contributed by atoms with Crippen LogP contribution in [0.1, 0.15) is 63.1 Å². The van der Waals surface area contributed by atoms with Gasteiger partial charge in [0.1, 0.15) is 6.67 Å². The smallest absolute Gasteiger partial charge is 0.255 e. The van der Waals surface area contributed by atoms with Crippen molar-refractivity contribution in [3.05, 3.63) is 113 Å². The molecule has 0 aliphatic carbocycles. The summed E-state index contributed by atoms with van der Waals surface area (Å²) in [5, 5.41) is 9.06. The molecule has 54 heavy (non-hydrogen) atoms. The molecule has 0 unspecified atom stereocenters. The minimum absolute atomic E-state index is 0.0482. The third kappa shape index (κ3) is 11.4. The fourth-order valence-corrected chi connectivity index (χ4v) is 7.54. The number of pyridine rings is 1. The molecule has 0 atom stereocenters. The van der Waals surface area contributed by atoms with Crippen LogP contribution in [0.15, 0.2) is 85.1 Å². The molecule has 2 aliphatic heterocycles. The summed E-state index contributed by atoms with van der Waals surface area (Å²) in [7, 11) is 0. The predicted octanol–water partition coefficient (Wildman–Crippen LogP) is 6.46. The van der Waals surface area contributed by atoms with Crippen molar-refractivity contribution in [3.63, 3.8) is 0 Å². The number of carbonyl (C=O) groups excluding carboxylic acids is 3. The van der Waals surface area contributed by atoms with Gasteiger partial charge in [-0.25, -0.2) is 4.39 Å². The normalized spacial score (nSPS) is 14.7. The van der Waals surface area contributed by atoms with Gasteiger partial charge in [0.05, 0.1) is 24.6 Å². The SMILES string of the molecule is O=C(CCSCc1cccc(C(=O)Nc2ccc(N3CCCCC3)cc2-c2cc(C(=O)NCc3cccc(CF)c3)ccn2)c1)NCCN1CCOCC1. The Kier molecular flexibility index (Phi) is 14.5. The number of benzene rings is 3. The highest BCUT2D eigenvalue weighted by Gasteiger charge is 2.18. The van der Waals surface area contributed by atoms with Crippen molar-refractivity contribution >= 4 is 40.9 Å². The Morgan fingerprint density at radius 2 is 1.57 bits per heavy atom. The number of ether oxygens (including phenoxy) is 1. The van der Waals surface area contributed by atoms with Gasteiger partial charge in [0.2, 0.25) is 5.91 Å². The number of amides is 3. The third-order valence-electron chi connectivity index (χ3n) is 9.65. The average molecular weight is 753 g/mol. The Bertz CT molecular complexity index is 1880. The monoisotopic (exact) mass is 752 g/mol. The predicted molar refractivity (Wildman–Crippen MR) is 214 cm³/mol. The lowest BCUT2D eigenvalue weighted by molar-refractivity contribution is -0.120. The van der Waals surface area contributed by atoms with Crippen molar-refractivity contribution in [1.29, 1.82) is 0 Å². The number of thioether (sulfide) groups is 1. The molecule has 2 fully saturated rings. The molecule has 1 aromatic heterocycles. The molecule has 3 aromatic carbocycles. The van der Waals surface area contributed by atoms with E-state index in [0.29, 0.717) is 58.1 Å². The summed E-state index contributed by atoms with van der Waals surface area (Å²) in [5.41, 5.74) is 6.23. The summed E-state index contributed by atoms with van der Waals surface area (Å²) >= 11 is 1.66. The summed E-state index contributed by atoms with van der Waals surface area (Å²) in [6.07, 6.45) is 5.48. The minimum atomic E-state index is -0.562. The van der Waals surface area contributed by atoms with E-state index in [2.05, 4.69) is 30.7 Å². The zero-order chi connectivity index (χ0) is 37.5. The molecule has 6 rings (SSSR count). The van der Waals surface area contributed by atoms with E-state index in [1.165, 1.54) is 6.42 Å². The van der Waals surface area contributed by atoms with Crippen LogP contribution in [0.5, 0.6) is 0 Å². The molecule has 2 saturated heterocycles. The number of alkyl halides is 1. The Morgan fingerprint density at radius 1 is 0.796 bits per heavy atom. The van der Waals surface area contributed by atoms with E-state index in [1.807, 2.05) is 42.5 Å². The minimum Gasteiger partial charge on any atom is -0.379 e. The molecule has 4 aromatic rings. The molecule has 3 N–H and O–H groups in total. The number of hydrogen-bond acceptors (Lipinski definition) is 8. The molecule has 3 heterocycles. The molecule has 2 aliphatic rings. The Morgan fingerprint density at radius 3 is 2.41 bits per heavy atom. The zero-order valence-electron chi connectivity index (χ0n) is 30.7. The van der Waals surface area contributed by atoms with Crippen molar-refractivity contribution in [1.82, 2.24) is 20.5 Å². The summed E-state index contributed by atoms with van der Waals surface area (Å²) in [6.45, 7) is 6.38. The Balaban J connectivity index is 1.09. The van der Waals surface area contributed by atoms with Crippen molar-refractivity contribution < 1.29 is 23.5 Å². The lowest BCUT2D eigenvalue weighted by Crippen LogP contribution is -2.41. The second kappa shape index (κ2) is 20.1. The highest BCUT2D eigenvalue weighted by Crippen LogP contribution is 2.33. The highest BCUT2D eigenvalue weighted by molar-refractivity contribution is 7.98. The average Bonchev–Trinajstić information content (AvgIpc) is 3.22. The Hall–Kier alpha value is -4.78. The molecular formula is C42H49FN6O4S. The van der Waals surface area contributed by atoms with Gasteiger partial charge < -0.3 is 25.6 Å². The maximum absolute atomic E-state index is 13.7. The van der Waals surface area contributed by atoms with Gasteiger partial charge in [-0.15, -0.1) is 0 Å². The fourth-order valence-electron chi connectivity index (χ4n) is 6.65. The van der Waals surface area contributed by atoms with Crippen molar-refractivity contribution in [2.24, 2.45) is 0 Å². The number of nitrogens with zero attached hydrogens (tertiary/aromatic N) is 3. The third-order valence-corrected chi connectivity index (χ3v) is 10.7. The van der Waals surface area contributed by atoms with E-state index in [9.17, 15) is 18.8 Å². The molecule has 0 spiro atoms. The zero-order valence-corrected chi connectivity index (χ0v) is 31.5. The number of rotatable bonds is 16. The van der Waals surface area contributed by atoms with Crippen molar-refractivity contribution in [3.8, 4) is 11.3 Å². The van der Waals surface area contributed by atoms with Crippen LogP contribution in [0, 0.1) is 0 Å². The number of aromatic nitrogens is 1. The number of carbonyl (C=O) groups is 3. The van der Waals surface area contributed by atoms with Gasteiger partial charge >= 0.3 is 0 Å². The quantitative estimate of drug-likeness (QED) is 0.112. The van der Waals surface area contributed by atoms with Crippen LogP contribution in [0.3, 0.4) is 0 Å². The van der Waals surface area contributed by atoms with E-state index in [-0.39, 0.29) is 24.3 Å². The molecule has 3 amide bonds. The van der Waals surface area contributed by atoms with Gasteiger partial charge in [0, 0.05) is 92.3 Å². The van der Waals surface area contributed by atoms with E-state index in [4.69, 9.17) is 4.74 Å². The van der Waals surface area contributed by atoms with Crippen LogP contribution < -0.4 is 20.9 Å². The number of halogens is 1. The first kappa shape index (κ1) is 38.9. The fraction of sp³-hybridized carbons (Fsp3) is 0.381. The van der Waals surface area contributed by atoms with Gasteiger partial charge in [-0.3, -0.25) is 24.3 Å². The van der Waals surface area contributed by atoms with Crippen molar-refractivity contribution in [2.75, 3.05) is 68.5 Å². The molecule has 284 valence electrons. The summed E-state index contributed by atoms with van der Waals surface area (Å²) in [5.74, 6) is 0.882. The largest absolute Gasteiger partial charge is 0.379 e. The van der Waals surface area contributed by atoms with Gasteiger partial charge in [0.25, 0.3) is 11.8 Å². The lowest BCUT2D eigenvalue weighted by Gasteiger charge is -2.29. The first-order valence-electron chi connectivity index (χ1n) is 18.8. The molecule has 10 nitrogen and oxygen atoms in total. The number of nitrogens with one attached hydrogen (secondary N) is 3. The van der Waals surface area contributed by atoms with Crippen LogP contribution in [0.25, 0.3) is 11.3 Å². The van der Waals surface area contributed by atoms with Crippen LogP contribution in [-0.4, -0.2) is 85.8 Å². The summed E-state index contributed by atoms with van der Waals surface area (Å²) in [4.78, 5) is 48.6. The van der Waals surface area contributed by atoms with Crippen LogP contribution in [0.2, 0.25) is 0 Å². The van der Waals surface area contributed by atoms with Gasteiger partial charge in [0.15, 0.2) is 0 Å². The van der Waals surface area contributed by atoms with E-state index >= 15 is 0 Å². The summed E-state index contributed by atoms with van der Waals surface area (Å²) in [6, 6.07) is 24.0. The number of hydrogen-bond donors (Lipinski definition) is 3.